The van der Waals surface area contributed by atoms with Gasteiger partial charge in [0.05, 0.1) is 5.75 Å². The average molecular weight is 408 g/mol. The lowest BCUT2D eigenvalue weighted by atomic mass is 9.96. The van der Waals surface area contributed by atoms with Crippen molar-refractivity contribution in [2.75, 3.05) is 21.7 Å². The number of thioether (sulfide) groups is 1. The van der Waals surface area contributed by atoms with E-state index in [1.807, 2.05) is 20.8 Å². The van der Waals surface area contributed by atoms with Crippen molar-refractivity contribution in [1.29, 1.82) is 0 Å². The summed E-state index contributed by atoms with van der Waals surface area (Å²) in [6.45, 7) is 6.85. The van der Waals surface area contributed by atoms with Gasteiger partial charge in [-0.15, -0.1) is 10.2 Å². The van der Waals surface area contributed by atoms with E-state index in [9.17, 15) is 14.4 Å². The smallest absolute Gasteiger partial charge is 0.234 e. The largest absolute Gasteiger partial charge is 0.326 e. The summed E-state index contributed by atoms with van der Waals surface area (Å²) < 4.78 is 0.585. The Bertz CT molecular complexity index is 845. The molecular formula is C17H21N5O3S2. The zero-order valence-corrected chi connectivity index (χ0v) is 17.1. The molecular weight excluding hydrogens is 386 g/mol. The molecule has 1 aromatic heterocycles. The van der Waals surface area contributed by atoms with E-state index < -0.39 is 5.41 Å². The molecule has 2 rings (SSSR count). The van der Waals surface area contributed by atoms with Gasteiger partial charge in [0.15, 0.2) is 4.34 Å². The van der Waals surface area contributed by atoms with Gasteiger partial charge in [-0.2, -0.15) is 0 Å². The van der Waals surface area contributed by atoms with E-state index in [-0.39, 0.29) is 23.5 Å². The van der Waals surface area contributed by atoms with E-state index in [2.05, 4.69) is 26.1 Å². The third-order valence-corrected chi connectivity index (χ3v) is 5.07. The second kappa shape index (κ2) is 8.96. The molecule has 0 atom stereocenters. The van der Waals surface area contributed by atoms with Gasteiger partial charge in [-0.05, 0) is 18.2 Å². The van der Waals surface area contributed by atoms with Crippen LogP contribution >= 0.6 is 23.1 Å². The van der Waals surface area contributed by atoms with Crippen molar-refractivity contribution >= 4 is 57.3 Å². The summed E-state index contributed by atoms with van der Waals surface area (Å²) in [5, 5.41) is 16.4. The molecule has 0 aliphatic rings. The Balaban J connectivity index is 1.86. The minimum Gasteiger partial charge on any atom is -0.326 e. The number of benzene rings is 1. The van der Waals surface area contributed by atoms with Gasteiger partial charge >= 0.3 is 0 Å². The quantitative estimate of drug-likeness (QED) is 0.501. The van der Waals surface area contributed by atoms with Crippen LogP contribution in [0.2, 0.25) is 0 Å². The number of hydrogen-bond donors (Lipinski definition) is 3. The number of carbonyl (C=O) groups excluding carboxylic acids is 3. The molecule has 144 valence electrons. The minimum absolute atomic E-state index is 0.145. The third-order valence-electron chi connectivity index (χ3n) is 3.10. The van der Waals surface area contributed by atoms with Gasteiger partial charge in [-0.25, -0.2) is 0 Å². The van der Waals surface area contributed by atoms with Gasteiger partial charge in [-0.3, -0.25) is 14.4 Å². The summed E-state index contributed by atoms with van der Waals surface area (Å²) in [4.78, 5) is 35.1. The third kappa shape index (κ3) is 6.99. The van der Waals surface area contributed by atoms with Crippen LogP contribution in [0.15, 0.2) is 28.6 Å². The maximum absolute atomic E-state index is 12.1. The molecule has 0 saturated heterocycles. The number of amides is 3. The topological polar surface area (TPSA) is 113 Å². The average Bonchev–Trinajstić information content (AvgIpc) is 2.99. The van der Waals surface area contributed by atoms with Crippen LogP contribution < -0.4 is 16.0 Å². The van der Waals surface area contributed by atoms with E-state index in [0.29, 0.717) is 20.8 Å². The van der Waals surface area contributed by atoms with Crippen molar-refractivity contribution in [3.63, 3.8) is 0 Å². The summed E-state index contributed by atoms with van der Waals surface area (Å²) in [5.41, 5.74) is 0.670. The van der Waals surface area contributed by atoms with Crippen LogP contribution in [0.5, 0.6) is 0 Å². The molecule has 0 spiro atoms. The zero-order chi connectivity index (χ0) is 20.0. The first-order chi connectivity index (χ1) is 12.6. The molecule has 0 saturated carbocycles. The van der Waals surface area contributed by atoms with Crippen LogP contribution in [0.3, 0.4) is 0 Å². The molecule has 0 aliphatic heterocycles. The molecule has 0 aliphatic carbocycles. The SMILES string of the molecule is CC(=O)Nc1cccc(NC(=O)CSc2nnc(NC(=O)C(C)(C)C)s2)c1. The highest BCUT2D eigenvalue weighted by molar-refractivity contribution is 8.01. The van der Waals surface area contributed by atoms with Crippen LogP contribution in [-0.2, 0) is 14.4 Å². The summed E-state index contributed by atoms with van der Waals surface area (Å²) >= 11 is 2.45. The van der Waals surface area contributed by atoms with Crippen LogP contribution in [0.25, 0.3) is 0 Å². The molecule has 3 N–H and O–H groups in total. The van der Waals surface area contributed by atoms with Crippen molar-refractivity contribution < 1.29 is 14.4 Å². The molecule has 1 aromatic carbocycles. The fraction of sp³-hybridized carbons (Fsp3) is 0.353. The Hall–Kier alpha value is -2.46. The maximum Gasteiger partial charge on any atom is 0.234 e. The van der Waals surface area contributed by atoms with Crippen LogP contribution in [0.4, 0.5) is 16.5 Å². The van der Waals surface area contributed by atoms with E-state index in [1.54, 1.807) is 24.3 Å². The van der Waals surface area contributed by atoms with Crippen LogP contribution in [0.1, 0.15) is 27.7 Å². The second-order valence-corrected chi connectivity index (χ2v) is 8.88. The number of rotatable bonds is 6. The maximum atomic E-state index is 12.1. The van der Waals surface area contributed by atoms with Gasteiger partial charge in [0, 0.05) is 23.7 Å². The fourth-order valence-electron chi connectivity index (χ4n) is 1.81. The molecule has 2 aromatic rings. The number of nitrogens with zero attached hydrogens (tertiary/aromatic N) is 2. The van der Waals surface area contributed by atoms with E-state index in [1.165, 1.54) is 30.0 Å². The molecule has 27 heavy (non-hydrogen) atoms. The first kappa shape index (κ1) is 20.8. The van der Waals surface area contributed by atoms with Crippen LogP contribution in [-0.4, -0.2) is 33.7 Å². The Morgan fingerprint density at radius 2 is 1.74 bits per heavy atom. The van der Waals surface area contributed by atoms with Crippen LogP contribution in [0, 0.1) is 5.41 Å². The highest BCUT2D eigenvalue weighted by atomic mass is 32.2. The normalized spacial score (nSPS) is 11.0. The number of aromatic nitrogens is 2. The Morgan fingerprint density at radius 1 is 1.07 bits per heavy atom. The summed E-state index contributed by atoms with van der Waals surface area (Å²) in [5.74, 6) is -0.395. The van der Waals surface area contributed by atoms with Gasteiger partial charge in [-0.1, -0.05) is 49.9 Å². The predicted octanol–water partition coefficient (Wildman–Crippen LogP) is 3.21. The number of carbonyl (C=O) groups is 3. The summed E-state index contributed by atoms with van der Waals surface area (Å²) in [7, 11) is 0. The lowest BCUT2D eigenvalue weighted by molar-refractivity contribution is -0.123. The van der Waals surface area contributed by atoms with Gasteiger partial charge in [0.1, 0.15) is 0 Å². The highest BCUT2D eigenvalue weighted by Crippen LogP contribution is 2.27. The summed E-state index contributed by atoms with van der Waals surface area (Å²) in [6, 6.07) is 6.89. The molecule has 3 amide bonds. The first-order valence-corrected chi connectivity index (χ1v) is 9.89. The number of anilines is 3. The number of hydrogen-bond acceptors (Lipinski definition) is 7. The Kier molecular flexibility index (Phi) is 6.92. The molecule has 0 fully saturated rings. The van der Waals surface area contributed by atoms with Gasteiger partial charge < -0.3 is 16.0 Å². The predicted molar refractivity (Wildman–Crippen MR) is 108 cm³/mol. The summed E-state index contributed by atoms with van der Waals surface area (Å²) in [6.07, 6.45) is 0. The second-order valence-electron chi connectivity index (χ2n) is 6.68. The minimum atomic E-state index is -0.523. The van der Waals surface area contributed by atoms with Crippen molar-refractivity contribution in [1.82, 2.24) is 10.2 Å². The van der Waals surface area contributed by atoms with Crippen molar-refractivity contribution in [3.8, 4) is 0 Å². The zero-order valence-electron chi connectivity index (χ0n) is 15.5. The van der Waals surface area contributed by atoms with Gasteiger partial charge in [0.2, 0.25) is 22.9 Å². The molecule has 1 heterocycles. The highest BCUT2D eigenvalue weighted by Gasteiger charge is 2.22. The molecule has 0 unspecified atom stereocenters. The standard InChI is InChI=1S/C17H21N5O3S2/c1-10(23)18-11-6-5-7-12(8-11)19-13(24)9-26-16-22-21-15(27-16)20-14(25)17(2,3)4/h5-8H,9H2,1-4H3,(H,18,23)(H,19,24)(H,20,21,25). The van der Waals surface area contributed by atoms with E-state index in [0.717, 1.165) is 0 Å². The van der Waals surface area contributed by atoms with Crippen molar-refractivity contribution in [2.45, 2.75) is 32.0 Å². The van der Waals surface area contributed by atoms with Crippen molar-refractivity contribution in [3.05, 3.63) is 24.3 Å². The number of nitrogens with one attached hydrogen (secondary N) is 3. The van der Waals surface area contributed by atoms with Gasteiger partial charge in [0.25, 0.3) is 0 Å². The molecule has 0 radical (unpaired) electrons. The van der Waals surface area contributed by atoms with Crippen molar-refractivity contribution in [2.24, 2.45) is 5.41 Å². The monoisotopic (exact) mass is 407 g/mol. The molecule has 8 nitrogen and oxygen atoms in total. The van der Waals surface area contributed by atoms with E-state index in [4.69, 9.17) is 0 Å². The van der Waals surface area contributed by atoms with E-state index >= 15 is 0 Å². The lowest BCUT2D eigenvalue weighted by Crippen LogP contribution is -2.27. The first-order valence-electron chi connectivity index (χ1n) is 8.09. The molecule has 10 heteroatoms. The Labute approximate surface area is 165 Å². The molecule has 0 bridgehead atoms. The fourth-order valence-corrected chi connectivity index (χ4v) is 3.35. The lowest BCUT2D eigenvalue weighted by Gasteiger charge is -2.15. The Morgan fingerprint density at radius 3 is 2.37 bits per heavy atom.